The third-order valence-corrected chi connectivity index (χ3v) is 5.16. The van der Waals surface area contributed by atoms with Crippen LogP contribution in [-0.4, -0.2) is 12.5 Å². The number of hydrogen-bond acceptors (Lipinski definition) is 3. The lowest BCUT2D eigenvalue weighted by molar-refractivity contribution is -0.120. The number of carbonyl (C=O) groups is 1. The normalized spacial score (nSPS) is 17.3. The van der Waals surface area contributed by atoms with Crippen molar-refractivity contribution in [1.82, 2.24) is 0 Å². The summed E-state index contributed by atoms with van der Waals surface area (Å²) in [4.78, 5) is 16.2. The van der Waals surface area contributed by atoms with Gasteiger partial charge in [0, 0.05) is 11.4 Å². The Morgan fingerprint density at radius 3 is 2.95 bits per heavy atom. The van der Waals surface area contributed by atoms with E-state index in [0.717, 1.165) is 24.9 Å². The first kappa shape index (κ1) is 14.1. The van der Waals surface area contributed by atoms with E-state index in [9.17, 15) is 4.79 Å². The van der Waals surface area contributed by atoms with Gasteiger partial charge in [-0.25, -0.2) is 0 Å². The number of amides is 1. The summed E-state index contributed by atoms with van der Waals surface area (Å²) in [6.07, 6.45) is 3.13. The Bertz CT molecular complexity index is 650. The van der Waals surface area contributed by atoms with Gasteiger partial charge in [-0.15, -0.1) is 11.3 Å². The molecule has 3 rings (SSSR count). The van der Waals surface area contributed by atoms with E-state index < -0.39 is 0 Å². The Morgan fingerprint density at radius 2 is 2.19 bits per heavy atom. The lowest BCUT2D eigenvalue weighted by Crippen LogP contribution is -2.36. The van der Waals surface area contributed by atoms with Gasteiger partial charge in [0.25, 0.3) is 0 Å². The minimum absolute atomic E-state index is 0.0143. The topological polar surface area (TPSA) is 46.3 Å². The minimum Gasteiger partial charge on any atom is -0.397 e. The molecule has 0 bridgehead atoms. The van der Waals surface area contributed by atoms with Crippen LogP contribution in [0, 0.1) is 0 Å². The molecular formula is C17H20N2OS. The van der Waals surface area contributed by atoms with Crippen molar-refractivity contribution >= 4 is 28.6 Å². The maximum absolute atomic E-state index is 13.0. The Balaban J connectivity index is 1.93. The van der Waals surface area contributed by atoms with Crippen LogP contribution in [0.15, 0.2) is 35.7 Å². The van der Waals surface area contributed by atoms with E-state index in [-0.39, 0.29) is 11.8 Å². The molecule has 1 unspecified atom stereocenters. The van der Waals surface area contributed by atoms with Gasteiger partial charge in [-0.3, -0.25) is 4.79 Å². The van der Waals surface area contributed by atoms with Gasteiger partial charge in [0.05, 0.1) is 17.3 Å². The third kappa shape index (κ3) is 2.56. The van der Waals surface area contributed by atoms with Gasteiger partial charge in [0.15, 0.2) is 0 Å². The molecule has 2 aromatic rings. The predicted octanol–water partition coefficient (Wildman–Crippen LogP) is 3.80. The quantitative estimate of drug-likeness (QED) is 0.876. The summed E-state index contributed by atoms with van der Waals surface area (Å²) in [7, 11) is 0. The highest BCUT2D eigenvalue weighted by molar-refractivity contribution is 7.10. The monoisotopic (exact) mass is 300 g/mol. The van der Waals surface area contributed by atoms with Gasteiger partial charge in [0.2, 0.25) is 5.91 Å². The molecule has 110 valence electrons. The summed E-state index contributed by atoms with van der Waals surface area (Å²) in [5.74, 6) is 0.161. The van der Waals surface area contributed by atoms with Crippen molar-refractivity contribution in [2.75, 3.05) is 17.2 Å². The lowest BCUT2D eigenvalue weighted by Gasteiger charge is -2.29. The van der Waals surface area contributed by atoms with Crippen LogP contribution in [0.25, 0.3) is 0 Å². The predicted molar refractivity (Wildman–Crippen MR) is 88.9 cm³/mol. The van der Waals surface area contributed by atoms with Crippen LogP contribution < -0.4 is 10.6 Å². The molecule has 1 heterocycles. The van der Waals surface area contributed by atoms with Crippen molar-refractivity contribution in [1.29, 1.82) is 0 Å². The molecule has 1 aromatic heterocycles. The number of thiophene rings is 1. The molecule has 4 heteroatoms. The van der Waals surface area contributed by atoms with Crippen LogP contribution in [0.3, 0.4) is 0 Å². The molecule has 3 nitrogen and oxygen atoms in total. The van der Waals surface area contributed by atoms with E-state index in [4.69, 9.17) is 5.73 Å². The Kier molecular flexibility index (Phi) is 3.97. The fourth-order valence-corrected chi connectivity index (χ4v) is 4.10. The largest absolute Gasteiger partial charge is 0.397 e. The molecule has 0 saturated carbocycles. The van der Waals surface area contributed by atoms with Crippen molar-refractivity contribution in [2.24, 2.45) is 0 Å². The number of para-hydroxylation sites is 2. The average Bonchev–Trinajstić information content (AvgIpc) is 2.98. The van der Waals surface area contributed by atoms with Crippen LogP contribution in [0.4, 0.5) is 11.4 Å². The van der Waals surface area contributed by atoms with E-state index in [0.29, 0.717) is 12.2 Å². The van der Waals surface area contributed by atoms with Crippen molar-refractivity contribution < 1.29 is 4.79 Å². The average molecular weight is 300 g/mol. The summed E-state index contributed by atoms with van der Waals surface area (Å²) in [6, 6.07) is 9.72. The molecule has 0 aliphatic heterocycles. The molecule has 0 radical (unpaired) electrons. The fraction of sp³-hybridized carbons (Fsp3) is 0.353. The molecule has 1 atom stereocenters. The highest BCUT2D eigenvalue weighted by Gasteiger charge is 2.31. The Morgan fingerprint density at radius 1 is 1.38 bits per heavy atom. The second-order valence-corrected chi connectivity index (χ2v) is 6.39. The van der Waals surface area contributed by atoms with Crippen LogP contribution in [-0.2, 0) is 11.2 Å². The number of fused-ring (bicyclic) bond motifs is 1. The number of nitrogens with two attached hydrogens (primary N) is 1. The highest BCUT2D eigenvalue weighted by atomic mass is 32.1. The number of rotatable bonds is 3. The third-order valence-electron chi connectivity index (χ3n) is 4.16. The summed E-state index contributed by atoms with van der Waals surface area (Å²) in [5.41, 5.74) is 8.76. The van der Waals surface area contributed by atoms with Gasteiger partial charge in [-0.2, -0.15) is 0 Å². The van der Waals surface area contributed by atoms with Crippen LogP contribution in [0.5, 0.6) is 0 Å². The molecule has 0 fully saturated rings. The number of carbonyl (C=O) groups excluding carboxylic acids is 1. The smallest absolute Gasteiger partial charge is 0.234 e. The van der Waals surface area contributed by atoms with Crippen LogP contribution in [0.2, 0.25) is 0 Å². The zero-order chi connectivity index (χ0) is 14.8. The zero-order valence-corrected chi connectivity index (χ0v) is 13.0. The Hall–Kier alpha value is -1.81. The zero-order valence-electron chi connectivity index (χ0n) is 12.2. The molecule has 21 heavy (non-hydrogen) atoms. The first-order chi connectivity index (χ1) is 10.2. The molecule has 2 N–H and O–H groups in total. The minimum atomic E-state index is -0.0143. The van der Waals surface area contributed by atoms with Gasteiger partial charge >= 0.3 is 0 Å². The second-order valence-electron chi connectivity index (χ2n) is 5.39. The summed E-state index contributed by atoms with van der Waals surface area (Å²) in [6.45, 7) is 2.64. The Labute approximate surface area is 129 Å². The van der Waals surface area contributed by atoms with Crippen molar-refractivity contribution in [3.05, 3.63) is 46.2 Å². The molecule has 1 aliphatic rings. The fourth-order valence-electron chi connectivity index (χ4n) is 3.11. The lowest BCUT2D eigenvalue weighted by atomic mass is 9.86. The van der Waals surface area contributed by atoms with Gasteiger partial charge in [-0.1, -0.05) is 12.1 Å². The van der Waals surface area contributed by atoms with Crippen LogP contribution in [0.1, 0.15) is 36.1 Å². The number of hydrogen-bond donors (Lipinski definition) is 1. The van der Waals surface area contributed by atoms with Gasteiger partial charge in [-0.05, 0) is 55.3 Å². The van der Waals surface area contributed by atoms with Crippen molar-refractivity contribution in [3.8, 4) is 0 Å². The number of nitrogens with zero attached hydrogens (tertiary/aromatic N) is 1. The van der Waals surface area contributed by atoms with Crippen molar-refractivity contribution in [2.45, 2.75) is 32.1 Å². The van der Waals surface area contributed by atoms with E-state index in [1.165, 1.54) is 10.4 Å². The molecule has 0 saturated heterocycles. The number of nitrogen functional groups attached to an aromatic ring is 1. The number of anilines is 2. The summed E-state index contributed by atoms with van der Waals surface area (Å²) >= 11 is 1.77. The SMILES string of the molecule is CCN(C(=O)C1CCCc2sccc21)c1ccccc1N. The first-order valence-corrected chi connectivity index (χ1v) is 8.32. The molecule has 1 aliphatic carbocycles. The number of aryl methyl sites for hydroxylation is 1. The van der Waals surface area contributed by atoms with Gasteiger partial charge < -0.3 is 10.6 Å². The van der Waals surface area contributed by atoms with Crippen LogP contribution >= 0.6 is 11.3 Å². The van der Waals surface area contributed by atoms with E-state index in [1.54, 1.807) is 11.3 Å². The summed E-state index contributed by atoms with van der Waals surface area (Å²) in [5, 5.41) is 2.10. The van der Waals surface area contributed by atoms with Crippen molar-refractivity contribution in [3.63, 3.8) is 0 Å². The van der Waals surface area contributed by atoms with Gasteiger partial charge in [0.1, 0.15) is 0 Å². The van der Waals surface area contributed by atoms with E-state index in [2.05, 4.69) is 11.4 Å². The van der Waals surface area contributed by atoms with E-state index in [1.807, 2.05) is 36.1 Å². The maximum atomic E-state index is 13.0. The molecular weight excluding hydrogens is 280 g/mol. The first-order valence-electron chi connectivity index (χ1n) is 7.44. The summed E-state index contributed by atoms with van der Waals surface area (Å²) < 4.78 is 0. The standard InChI is InChI=1S/C17H20N2OS/c1-2-19(15-8-4-3-7-14(15)18)17(20)13-6-5-9-16-12(13)10-11-21-16/h3-4,7-8,10-11,13H,2,5-6,9,18H2,1H3. The number of likely N-dealkylation sites (N-methyl/N-ethyl adjacent to an activating group) is 1. The highest BCUT2D eigenvalue weighted by Crippen LogP contribution is 2.37. The number of benzene rings is 1. The van der Waals surface area contributed by atoms with E-state index >= 15 is 0 Å². The maximum Gasteiger partial charge on any atom is 0.234 e. The second kappa shape index (κ2) is 5.90. The molecule has 0 spiro atoms. The molecule has 1 amide bonds. The molecule has 1 aromatic carbocycles.